The summed E-state index contributed by atoms with van der Waals surface area (Å²) in [6.45, 7) is 9.59. The highest BCUT2D eigenvalue weighted by molar-refractivity contribution is 14.1. The van der Waals surface area contributed by atoms with Gasteiger partial charge in [-0.1, -0.05) is 19.6 Å². The summed E-state index contributed by atoms with van der Waals surface area (Å²) in [5.41, 5.74) is 0.613. The van der Waals surface area contributed by atoms with E-state index in [4.69, 9.17) is 4.74 Å². The van der Waals surface area contributed by atoms with Gasteiger partial charge in [-0.15, -0.1) is 0 Å². The number of hydrogen-bond donors (Lipinski definition) is 0. The van der Waals surface area contributed by atoms with E-state index in [-0.39, 0.29) is 5.78 Å². The highest BCUT2D eigenvalue weighted by Crippen LogP contribution is 2.10. The largest absolute Gasteiger partial charge is 0.360 e. The Morgan fingerprint density at radius 1 is 1.53 bits per heavy atom. The van der Waals surface area contributed by atoms with Crippen molar-refractivity contribution in [2.75, 3.05) is 6.61 Å². The van der Waals surface area contributed by atoms with E-state index in [2.05, 4.69) is 47.3 Å². The summed E-state index contributed by atoms with van der Waals surface area (Å²) in [4.78, 5) is 11.4. The van der Waals surface area contributed by atoms with Gasteiger partial charge < -0.3 is 4.74 Å². The summed E-state index contributed by atoms with van der Waals surface area (Å²) in [6.07, 6.45) is 0. The maximum absolute atomic E-state index is 11.4. The number of Topliss-reactive ketones (excluding diaryl/α,β-unsaturated/α-hetero) is 1. The molecule has 4 nitrogen and oxygen atoms in total. The Hall–Kier alpha value is -0.213. The zero-order chi connectivity index (χ0) is 13.1. The standard InChI is InChI=1S/C11H19IN2O2Si/c1-9(15)10-7-11(12)13-14(10)8-16-5-6-17(2,3)4/h7H,5-6,8H2,1-4H3. The van der Waals surface area contributed by atoms with Gasteiger partial charge in [-0.3, -0.25) is 4.79 Å². The SMILES string of the molecule is CC(=O)c1cc(I)nn1COCC[Si](C)(C)C. The highest BCUT2D eigenvalue weighted by Gasteiger charge is 2.13. The van der Waals surface area contributed by atoms with Gasteiger partial charge in [0, 0.05) is 27.7 Å². The quantitative estimate of drug-likeness (QED) is 0.337. The fourth-order valence-corrected chi connectivity index (χ4v) is 2.61. The van der Waals surface area contributed by atoms with E-state index < -0.39 is 8.07 Å². The molecule has 0 bridgehead atoms. The molecule has 0 saturated carbocycles. The first-order valence-electron chi connectivity index (χ1n) is 5.61. The van der Waals surface area contributed by atoms with E-state index >= 15 is 0 Å². The van der Waals surface area contributed by atoms with E-state index in [0.29, 0.717) is 12.4 Å². The molecular formula is C11H19IN2O2Si. The number of ether oxygens (including phenoxy) is 1. The molecule has 17 heavy (non-hydrogen) atoms. The monoisotopic (exact) mass is 366 g/mol. The van der Waals surface area contributed by atoms with Crippen molar-refractivity contribution >= 4 is 36.4 Å². The van der Waals surface area contributed by atoms with Crippen molar-refractivity contribution in [3.8, 4) is 0 Å². The predicted molar refractivity (Wildman–Crippen MR) is 79.1 cm³/mol. The van der Waals surface area contributed by atoms with Gasteiger partial charge in [-0.25, -0.2) is 4.68 Å². The molecule has 0 aliphatic rings. The third-order valence-corrected chi connectivity index (χ3v) is 4.55. The minimum Gasteiger partial charge on any atom is -0.360 e. The van der Waals surface area contributed by atoms with Crippen LogP contribution in [-0.4, -0.2) is 30.2 Å². The van der Waals surface area contributed by atoms with Crippen LogP contribution in [0.3, 0.4) is 0 Å². The average Bonchev–Trinajstić information content (AvgIpc) is 2.53. The lowest BCUT2D eigenvalue weighted by Crippen LogP contribution is -2.22. The van der Waals surface area contributed by atoms with Gasteiger partial charge in [-0.05, 0) is 28.6 Å². The summed E-state index contributed by atoms with van der Waals surface area (Å²) in [7, 11) is -1.05. The molecule has 0 saturated heterocycles. The summed E-state index contributed by atoms with van der Waals surface area (Å²) in [6, 6.07) is 2.91. The number of carbonyl (C=O) groups excluding carboxylic acids is 1. The first kappa shape index (κ1) is 14.8. The molecule has 0 radical (unpaired) electrons. The molecule has 0 aliphatic heterocycles. The van der Waals surface area contributed by atoms with Crippen molar-refractivity contribution in [2.45, 2.75) is 39.3 Å². The zero-order valence-corrected chi connectivity index (χ0v) is 13.9. The molecule has 96 valence electrons. The summed E-state index contributed by atoms with van der Waals surface area (Å²) >= 11 is 2.10. The molecule has 0 amide bonds. The van der Waals surface area contributed by atoms with E-state index in [0.717, 1.165) is 16.4 Å². The van der Waals surface area contributed by atoms with Crippen molar-refractivity contribution in [3.63, 3.8) is 0 Å². The van der Waals surface area contributed by atoms with Gasteiger partial charge in [0.15, 0.2) is 5.78 Å². The van der Waals surface area contributed by atoms with Crippen LogP contribution in [0.2, 0.25) is 25.7 Å². The first-order valence-corrected chi connectivity index (χ1v) is 10.4. The van der Waals surface area contributed by atoms with Gasteiger partial charge in [-0.2, -0.15) is 5.10 Å². The topological polar surface area (TPSA) is 44.1 Å². The van der Waals surface area contributed by atoms with Crippen LogP contribution >= 0.6 is 22.6 Å². The smallest absolute Gasteiger partial charge is 0.177 e. The van der Waals surface area contributed by atoms with Crippen LogP contribution in [0, 0.1) is 3.70 Å². The molecule has 0 aromatic carbocycles. The highest BCUT2D eigenvalue weighted by atomic mass is 127. The molecule has 6 heteroatoms. The van der Waals surface area contributed by atoms with Gasteiger partial charge in [0.05, 0.1) is 0 Å². The molecule has 1 rings (SSSR count). The number of rotatable bonds is 6. The Bertz CT molecular complexity index is 399. The Kier molecular flexibility index (Phi) is 5.33. The molecule has 0 atom stereocenters. The molecule has 0 unspecified atom stereocenters. The van der Waals surface area contributed by atoms with Crippen LogP contribution < -0.4 is 0 Å². The second kappa shape index (κ2) is 6.10. The van der Waals surface area contributed by atoms with Crippen molar-refractivity contribution in [1.82, 2.24) is 9.78 Å². The number of aromatic nitrogens is 2. The lowest BCUT2D eigenvalue weighted by molar-refractivity contribution is 0.0733. The molecular weight excluding hydrogens is 347 g/mol. The first-order chi connectivity index (χ1) is 7.79. The van der Waals surface area contributed by atoms with Crippen molar-refractivity contribution in [2.24, 2.45) is 0 Å². The minimum absolute atomic E-state index is 0.0224. The van der Waals surface area contributed by atoms with Gasteiger partial charge in [0.1, 0.15) is 16.1 Å². The molecule has 0 spiro atoms. The normalized spacial score (nSPS) is 11.8. The van der Waals surface area contributed by atoms with Crippen molar-refractivity contribution in [1.29, 1.82) is 0 Å². The fraction of sp³-hybridized carbons (Fsp3) is 0.636. The third kappa shape index (κ3) is 5.30. The fourth-order valence-electron chi connectivity index (χ4n) is 1.30. The van der Waals surface area contributed by atoms with Crippen LogP contribution in [0.1, 0.15) is 17.4 Å². The number of carbonyl (C=O) groups is 1. The van der Waals surface area contributed by atoms with Crippen molar-refractivity contribution in [3.05, 3.63) is 15.5 Å². The van der Waals surface area contributed by atoms with Gasteiger partial charge in [0.2, 0.25) is 0 Å². The van der Waals surface area contributed by atoms with E-state index in [1.165, 1.54) is 0 Å². The second-order valence-electron chi connectivity index (χ2n) is 5.26. The molecule has 1 aromatic rings. The molecule has 0 aliphatic carbocycles. The van der Waals surface area contributed by atoms with Crippen LogP contribution in [0.15, 0.2) is 6.07 Å². The van der Waals surface area contributed by atoms with E-state index in [1.54, 1.807) is 17.7 Å². The predicted octanol–water partition coefficient (Wildman–Crippen LogP) is 3.00. The van der Waals surface area contributed by atoms with Crippen molar-refractivity contribution < 1.29 is 9.53 Å². The molecule has 0 N–H and O–H groups in total. The zero-order valence-electron chi connectivity index (χ0n) is 10.8. The van der Waals surface area contributed by atoms with Crippen LogP contribution in [-0.2, 0) is 11.5 Å². The average molecular weight is 366 g/mol. The summed E-state index contributed by atoms with van der Waals surface area (Å²) < 4.78 is 8.03. The Balaban J connectivity index is 2.49. The third-order valence-electron chi connectivity index (χ3n) is 2.32. The molecule has 1 aromatic heterocycles. The van der Waals surface area contributed by atoms with E-state index in [1.807, 2.05) is 0 Å². The number of nitrogens with zero attached hydrogens (tertiary/aromatic N) is 2. The maximum atomic E-state index is 11.4. The summed E-state index contributed by atoms with van der Waals surface area (Å²) in [5.74, 6) is 0.0224. The van der Waals surface area contributed by atoms with E-state index in [9.17, 15) is 4.79 Å². The minimum atomic E-state index is -1.05. The van der Waals surface area contributed by atoms with Gasteiger partial charge in [0.25, 0.3) is 0 Å². The maximum Gasteiger partial charge on any atom is 0.177 e. The lowest BCUT2D eigenvalue weighted by atomic mass is 10.3. The molecule has 1 heterocycles. The number of halogens is 1. The number of ketones is 1. The lowest BCUT2D eigenvalue weighted by Gasteiger charge is -2.15. The Morgan fingerprint density at radius 2 is 2.18 bits per heavy atom. The van der Waals surface area contributed by atoms with Gasteiger partial charge >= 0.3 is 0 Å². The van der Waals surface area contributed by atoms with Crippen LogP contribution in [0.4, 0.5) is 0 Å². The summed E-state index contributed by atoms with van der Waals surface area (Å²) in [5, 5.41) is 4.23. The van der Waals surface area contributed by atoms with Crippen LogP contribution in [0.25, 0.3) is 0 Å². The Morgan fingerprint density at radius 3 is 2.71 bits per heavy atom. The Labute approximate surface area is 117 Å². The molecule has 0 fully saturated rings. The second-order valence-corrected chi connectivity index (χ2v) is 12.0. The number of hydrogen-bond acceptors (Lipinski definition) is 3. The van der Waals surface area contributed by atoms with Crippen LogP contribution in [0.5, 0.6) is 0 Å².